The highest BCUT2D eigenvalue weighted by Gasteiger charge is 2.16. The molecule has 0 aliphatic heterocycles. The molecule has 0 saturated heterocycles. The molecule has 32 heavy (non-hydrogen) atoms. The second kappa shape index (κ2) is 14.9. The van der Waals surface area contributed by atoms with Gasteiger partial charge in [0.05, 0.1) is 0 Å². The molecule has 0 bridgehead atoms. The molecule has 1 heterocycles. The largest absolute Gasteiger partial charge is 0.507 e. The monoisotopic (exact) mass is 446 g/mol. The first kappa shape index (κ1) is 26.2. The number of methoxy groups -OCH3 is 1. The Bertz CT molecular complexity index is 855. The van der Waals surface area contributed by atoms with Crippen molar-refractivity contribution in [3.63, 3.8) is 0 Å². The van der Waals surface area contributed by atoms with Crippen LogP contribution in [0.2, 0.25) is 0 Å². The molecule has 2 aromatic rings. The number of unbranched alkanes of at least 4 members (excludes halogenated alkanes) is 12. The van der Waals surface area contributed by atoms with Gasteiger partial charge in [-0.3, -0.25) is 4.79 Å². The Morgan fingerprint density at radius 1 is 0.875 bits per heavy atom. The molecular formula is C27H42O5. The lowest BCUT2D eigenvalue weighted by atomic mass is 10.0. The first-order valence-corrected chi connectivity index (χ1v) is 12.5. The predicted octanol–water partition coefficient (Wildman–Crippen LogP) is 7.42. The summed E-state index contributed by atoms with van der Waals surface area (Å²) in [6.45, 7) is 4.04. The Morgan fingerprint density at radius 2 is 1.44 bits per heavy atom. The normalized spacial score (nSPS) is 11.3. The van der Waals surface area contributed by atoms with E-state index < -0.39 is 0 Å². The number of benzene rings is 1. The molecule has 0 fully saturated rings. The smallest absolute Gasteiger partial charge is 0.196 e. The number of phenols is 1. The van der Waals surface area contributed by atoms with Crippen molar-refractivity contribution >= 4 is 11.0 Å². The standard InChI is InChI=1S/C27H42O5/c1-4-5-6-7-8-9-10-11-12-13-14-15-16-17-22-18-23(28)26-25(32-22)19-24(31-20-30-3)21(2)27(26)29/h18-19,29H,4-17,20H2,1-3H3. The van der Waals surface area contributed by atoms with E-state index in [9.17, 15) is 9.90 Å². The molecule has 5 heteroatoms. The third-order valence-corrected chi connectivity index (χ3v) is 6.11. The van der Waals surface area contributed by atoms with Crippen molar-refractivity contribution in [3.05, 3.63) is 33.7 Å². The zero-order valence-electron chi connectivity index (χ0n) is 20.3. The Labute approximate surface area is 193 Å². The Balaban J connectivity index is 1.72. The van der Waals surface area contributed by atoms with Crippen LogP contribution in [0, 0.1) is 6.92 Å². The Kier molecular flexibility index (Phi) is 12.3. The number of ether oxygens (including phenoxy) is 2. The van der Waals surface area contributed by atoms with Gasteiger partial charge in [-0.2, -0.15) is 0 Å². The Hall–Kier alpha value is -2.01. The molecule has 180 valence electrons. The van der Waals surface area contributed by atoms with Crippen molar-refractivity contribution < 1.29 is 19.0 Å². The van der Waals surface area contributed by atoms with Crippen LogP contribution in [0.3, 0.4) is 0 Å². The van der Waals surface area contributed by atoms with Gasteiger partial charge in [0.25, 0.3) is 0 Å². The summed E-state index contributed by atoms with van der Waals surface area (Å²) < 4.78 is 16.4. The average Bonchev–Trinajstić information content (AvgIpc) is 2.78. The number of aryl methyl sites for hydroxylation is 1. The summed E-state index contributed by atoms with van der Waals surface area (Å²) in [6.07, 6.45) is 17.7. The minimum absolute atomic E-state index is 0.0642. The van der Waals surface area contributed by atoms with Crippen molar-refractivity contribution in [3.8, 4) is 11.5 Å². The summed E-state index contributed by atoms with van der Waals surface area (Å²) in [5.74, 6) is 1.03. The minimum Gasteiger partial charge on any atom is -0.507 e. The molecule has 1 N–H and O–H groups in total. The third kappa shape index (κ3) is 8.50. The van der Waals surface area contributed by atoms with Gasteiger partial charge >= 0.3 is 0 Å². The van der Waals surface area contributed by atoms with Crippen LogP contribution in [0.25, 0.3) is 11.0 Å². The second-order valence-corrected chi connectivity index (χ2v) is 8.84. The van der Waals surface area contributed by atoms with E-state index in [0.29, 0.717) is 22.7 Å². The first-order chi connectivity index (χ1) is 15.6. The van der Waals surface area contributed by atoms with E-state index in [4.69, 9.17) is 13.9 Å². The summed E-state index contributed by atoms with van der Waals surface area (Å²) >= 11 is 0. The fourth-order valence-electron chi connectivity index (χ4n) is 4.14. The number of aromatic hydroxyl groups is 1. The van der Waals surface area contributed by atoms with Crippen LogP contribution in [-0.2, 0) is 11.2 Å². The van der Waals surface area contributed by atoms with Crippen molar-refractivity contribution in [2.75, 3.05) is 13.9 Å². The predicted molar refractivity (Wildman–Crippen MR) is 131 cm³/mol. The number of fused-ring (bicyclic) bond motifs is 1. The molecule has 5 nitrogen and oxygen atoms in total. The Morgan fingerprint density at radius 3 is 2.00 bits per heavy atom. The lowest BCUT2D eigenvalue weighted by molar-refractivity contribution is 0.0505. The third-order valence-electron chi connectivity index (χ3n) is 6.11. The van der Waals surface area contributed by atoms with Gasteiger partial charge < -0.3 is 19.0 Å². The van der Waals surface area contributed by atoms with Crippen molar-refractivity contribution in [1.82, 2.24) is 0 Å². The van der Waals surface area contributed by atoms with Crippen LogP contribution < -0.4 is 10.2 Å². The van der Waals surface area contributed by atoms with Gasteiger partial charge in [-0.05, 0) is 13.3 Å². The maximum Gasteiger partial charge on any atom is 0.196 e. The number of hydrogen-bond donors (Lipinski definition) is 1. The number of rotatable bonds is 17. The van der Waals surface area contributed by atoms with E-state index in [1.54, 1.807) is 13.0 Å². The molecule has 0 saturated carbocycles. The number of hydrogen-bond acceptors (Lipinski definition) is 5. The molecule has 0 radical (unpaired) electrons. The van der Waals surface area contributed by atoms with E-state index in [0.717, 1.165) is 19.3 Å². The van der Waals surface area contributed by atoms with Crippen LogP contribution in [0.5, 0.6) is 11.5 Å². The van der Waals surface area contributed by atoms with Crippen LogP contribution in [0.4, 0.5) is 0 Å². The topological polar surface area (TPSA) is 68.9 Å². The van der Waals surface area contributed by atoms with Crippen molar-refractivity contribution in [1.29, 1.82) is 0 Å². The van der Waals surface area contributed by atoms with E-state index in [1.807, 2.05) is 0 Å². The van der Waals surface area contributed by atoms with Gasteiger partial charge in [-0.25, -0.2) is 0 Å². The molecule has 0 amide bonds. The molecule has 0 unspecified atom stereocenters. The summed E-state index contributed by atoms with van der Waals surface area (Å²) in [5, 5.41) is 10.6. The highest BCUT2D eigenvalue weighted by atomic mass is 16.7. The molecule has 1 aromatic heterocycles. The van der Waals surface area contributed by atoms with Crippen molar-refractivity contribution in [2.24, 2.45) is 0 Å². The van der Waals surface area contributed by atoms with E-state index in [2.05, 4.69) is 6.92 Å². The van der Waals surface area contributed by atoms with Crippen LogP contribution >= 0.6 is 0 Å². The molecular weight excluding hydrogens is 404 g/mol. The summed E-state index contributed by atoms with van der Waals surface area (Å²) in [5.41, 5.74) is 0.650. The second-order valence-electron chi connectivity index (χ2n) is 8.84. The minimum atomic E-state index is -0.213. The molecule has 2 rings (SSSR count). The molecule has 1 aromatic carbocycles. The fraction of sp³-hybridized carbons (Fsp3) is 0.667. The highest BCUT2D eigenvalue weighted by Crippen LogP contribution is 2.34. The van der Waals surface area contributed by atoms with E-state index >= 15 is 0 Å². The molecule has 0 spiro atoms. The van der Waals surface area contributed by atoms with Crippen LogP contribution in [-0.4, -0.2) is 19.0 Å². The lowest BCUT2D eigenvalue weighted by Gasteiger charge is -2.12. The first-order valence-electron chi connectivity index (χ1n) is 12.5. The fourth-order valence-corrected chi connectivity index (χ4v) is 4.14. The van der Waals surface area contributed by atoms with E-state index in [1.165, 1.54) is 83.8 Å². The van der Waals surface area contributed by atoms with Gasteiger partial charge in [0.1, 0.15) is 28.2 Å². The lowest BCUT2D eigenvalue weighted by Crippen LogP contribution is -2.06. The SMILES string of the molecule is CCCCCCCCCCCCCCCc1cc(=O)c2c(O)c(C)c(OCOC)cc2o1. The van der Waals surface area contributed by atoms with E-state index in [-0.39, 0.29) is 23.4 Å². The van der Waals surface area contributed by atoms with Crippen LogP contribution in [0.1, 0.15) is 102 Å². The average molecular weight is 447 g/mol. The van der Waals surface area contributed by atoms with Crippen LogP contribution in [0.15, 0.2) is 21.3 Å². The summed E-state index contributed by atoms with van der Waals surface area (Å²) in [7, 11) is 1.53. The maximum absolute atomic E-state index is 12.5. The maximum atomic E-state index is 12.5. The van der Waals surface area contributed by atoms with Gasteiger partial charge in [0, 0.05) is 31.2 Å². The summed E-state index contributed by atoms with van der Waals surface area (Å²) in [4.78, 5) is 12.5. The van der Waals surface area contributed by atoms with Gasteiger partial charge in [-0.1, -0.05) is 84.0 Å². The van der Waals surface area contributed by atoms with Gasteiger partial charge in [0.15, 0.2) is 12.2 Å². The summed E-state index contributed by atoms with van der Waals surface area (Å²) in [6, 6.07) is 3.18. The number of phenolic OH excluding ortho intramolecular Hbond substituents is 1. The molecule has 0 aliphatic rings. The molecule has 0 atom stereocenters. The zero-order valence-corrected chi connectivity index (χ0v) is 20.3. The molecule has 0 aliphatic carbocycles. The zero-order chi connectivity index (χ0) is 23.2. The quantitative estimate of drug-likeness (QED) is 0.202. The van der Waals surface area contributed by atoms with Gasteiger partial charge in [-0.15, -0.1) is 0 Å². The van der Waals surface area contributed by atoms with Gasteiger partial charge in [0.2, 0.25) is 0 Å². The van der Waals surface area contributed by atoms with Crippen molar-refractivity contribution in [2.45, 2.75) is 104 Å². The highest BCUT2D eigenvalue weighted by molar-refractivity contribution is 5.86.